The fraction of sp³-hybridized carbons (Fsp3) is 0.333. The summed E-state index contributed by atoms with van der Waals surface area (Å²) >= 11 is 0. The summed E-state index contributed by atoms with van der Waals surface area (Å²) in [4.78, 5) is 22.1. The van der Waals surface area contributed by atoms with E-state index in [9.17, 15) is 9.59 Å². The minimum absolute atomic E-state index is 0.0239. The summed E-state index contributed by atoms with van der Waals surface area (Å²) in [6.45, 7) is 0.356. The number of ether oxygens (including phenoxy) is 1. The van der Waals surface area contributed by atoms with E-state index in [4.69, 9.17) is 9.84 Å². The van der Waals surface area contributed by atoms with E-state index in [1.165, 1.54) is 0 Å². The molecule has 86 valence electrons. The van der Waals surface area contributed by atoms with Gasteiger partial charge in [0.1, 0.15) is 0 Å². The molecule has 0 atom stereocenters. The molecule has 0 amide bonds. The molecule has 4 heteroatoms. The summed E-state index contributed by atoms with van der Waals surface area (Å²) in [5.74, 6) is -1.12. The van der Waals surface area contributed by atoms with Gasteiger partial charge in [-0.05, 0) is 5.56 Å². The van der Waals surface area contributed by atoms with Gasteiger partial charge in [0.2, 0.25) is 0 Å². The number of Topliss-reactive ketones (excluding diaryl/α,β-unsaturated/α-hetero) is 1. The molecule has 1 rings (SSSR count). The Morgan fingerprint density at radius 3 is 2.56 bits per heavy atom. The average Bonchev–Trinajstić information content (AvgIpc) is 2.27. The lowest BCUT2D eigenvalue weighted by Crippen LogP contribution is -2.07. The molecule has 0 bridgehead atoms. The average molecular weight is 222 g/mol. The van der Waals surface area contributed by atoms with Crippen molar-refractivity contribution in [3.05, 3.63) is 35.4 Å². The fourth-order valence-electron chi connectivity index (χ4n) is 1.43. The maximum absolute atomic E-state index is 11.7. The highest BCUT2D eigenvalue weighted by atomic mass is 16.5. The van der Waals surface area contributed by atoms with Crippen LogP contribution in [0.2, 0.25) is 0 Å². The van der Waals surface area contributed by atoms with Crippen molar-refractivity contribution < 1.29 is 19.4 Å². The Hall–Kier alpha value is -1.68. The Morgan fingerprint density at radius 2 is 1.94 bits per heavy atom. The van der Waals surface area contributed by atoms with Crippen LogP contribution in [-0.4, -0.2) is 24.0 Å². The predicted octanol–water partition coefficient (Wildman–Crippen LogP) is 1.88. The summed E-state index contributed by atoms with van der Waals surface area (Å²) in [5, 5.41) is 8.51. The molecule has 0 heterocycles. The van der Waals surface area contributed by atoms with Crippen molar-refractivity contribution in [2.24, 2.45) is 0 Å². The number of benzene rings is 1. The summed E-state index contributed by atoms with van der Waals surface area (Å²) < 4.78 is 4.98. The first-order chi connectivity index (χ1) is 7.65. The Bertz CT molecular complexity index is 384. The number of methoxy groups -OCH3 is 1. The molecular weight excluding hydrogens is 208 g/mol. The molecule has 0 unspecified atom stereocenters. The van der Waals surface area contributed by atoms with Crippen LogP contribution in [0.1, 0.15) is 28.8 Å². The maximum Gasteiger partial charge on any atom is 0.303 e. The van der Waals surface area contributed by atoms with Crippen LogP contribution in [0, 0.1) is 0 Å². The second-order valence-electron chi connectivity index (χ2n) is 3.41. The second-order valence-corrected chi connectivity index (χ2v) is 3.41. The van der Waals surface area contributed by atoms with Gasteiger partial charge in [-0.3, -0.25) is 9.59 Å². The van der Waals surface area contributed by atoms with E-state index in [0.29, 0.717) is 12.2 Å². The van der Waals surface area contributed by atoms with Gasteiger partial charge in [0.15, 0.2) is 5.78 Å². The quantitative estimate of drug-likeness (QED) is 0.746. The van der Waals surface area contributed by atoms with Crippen LogP contribution >= 0.6 is 0 Å². The van der Waals surface area contributed by atoms with E-state index in [1.54, 1.807) is 25.3 Å². The van der Waals surface area contributed by atoms with E-state index < -0.39 is 5.97 Å². The van der Waals surface area contributed by atoms with Gasteiger partial charge in [-0.15, -0.1) is 0 Å². The van der Waals surface area contributed by atoms with Gasteiger partial charge in [-0.2, -0.15) is 0 Å². The number of hydrogen-bond donors (Lipinski definition) is 1. The SMILES string of the molecule is COCc1ccccc1C(=O)CCC(=O)O. The van der Waals surface area contributed by atoms with Crippen molar-refractivity contribution in [3.63, 3.8) is 0 Å². The van der Waals surface area contributed by atoms with E-state index in [-0.39, 0.29) is 18.6 Å². The van der Waals surface area contributed by atoms with E-state index in [2.05, 4.69) is 0 Å². The fourth-order valence-corrected chi connectivity index (χ4v) is 1.43. The van der Waals surface area contributed by atoms with Gasteiger partial charge >= 0.3 is 5.97 Å². The summed E-state index contributed by atoms with van der Waals surface area (Å²) in [6.07, 6.45) is -0.115. The Balaban J connectivity index is 2.77. The third-order valence-electron chi connectivity index (χ3n) is 2.18. The Labute approximate surface area is 93.9 Å². The lowest BCUT2D eigenvalue weighted by Gasteiger charge is -2.06. The molecule has 0 saturated carbocycles. The van der Waals surface area contributed by atoms with Crippen LogP contribution in [0.15, 0.2) is 24.3 Å². The van der Waals surface area contributed by atoms with Crippen molar-refractivity contribution in [2.75, 3.05) is 7.11 Å². The molecule has 4 nitrogen and oxygen atoms in total. The standard InChI is InChI=1S/C12H14O4/c1-16-8-9-4-2-3-5-10(9)11(13)6-7-12(14)15/h2-5H,6-8H2,1H3,(H,14,15). The highest BCUT2D eigenvalue weighted by molar-refractivity contribution is 5.98. The van der Waals surface area contributed by atoms with Crippen molar-refractivity contribution in [1.82, 2.24) is 0 Å². The zero-order valence-electron chi connectivity index (χ0n) is 9.10. The first-order valence-corrected chi connectivity index (χ1v) is 4.97. The summed E-state index contributed by atoms with van der Waals surface area (Å²) in [7, 11) is 1.55. The Kier molecular flexibility index (Phi) is 4.66. The third-order valence-corrected chi connectivity index (χ3v) is 2.18. The minimum atomic E-state index is -0.961. The van der Waals surface area contributed by atoms with Gasteiger partial charge in [0.05, 0.1) is 13.0 Å². The molecule has 0 spiro atoms. The van der Waals surface area contributed by atoms with Gasteiger partial charge in [0.25, 0.3) is 0 Å². The monoisotopic (exact) mass is 222 g/mol. The summed E-state index contributed by atoms with van der Waals surface area (Å²) in [5.41, 5.74) is 1.34. The van der Waals surface area contributed by atoms with E-state index >= 15 is 0 Å². The van der Waals surface area contributed by atoms with E-state index in [1.807, 2.05) is 6.07 Å². The van der Waals surface area contributed by atoms with Crippen LogP contribution < -0.4 is 0 Å². The second kappa shape index (κ2) is 6.02. The molecule has 0 saturated heterocycles. The molecule has 0 aliphatic heterocycles. The van der Waals surface area contributed by atoms with Gasteiger partial charge in [0, 0.05) is 19.1 Å². The van der Waals surface area contributed by atoms with Crippen LogP contribution in [0.4, 0.5) is 0 Å². The highest BCUT2D eigenvalue weighted by Gasteiger charge is 2.11. The summed E-state index contributed by atoms with van der Waals surface area (Å²) in [6, 6.07) is 7.07. The van der Waals surface area contributed by atoms with Crippen LogP contribution in [0.3, 0.4) is 0 Å². The van der Waals surface area contributed by atoms with E-state index in [0.717, 1.165) is 5.56 Å². The number of aliphatic carboxylic acids is 1. The molecule has 0 radical (unpaired) electrons. The number of rotatable bonds is 6. The number of carboxylic acids is 1. The third kappa shape index (κ3) is 3.47. The molecular formula is C12H14O4. The molecule has 0 aliphatic carbocycles. The Morgan fingerprint density at radius 1 is 1.25 bits per heavy atom. The topological polar surface area (TPSA) is 63.6 Å². The van der Waals surface area contributed by atoms with Crippen LogP contribution in [0.5, 0.6) is 0 Å². The normalized spacial score (nSPS) is 10.1. The minimum Gasteiger partial charge on any atom is -0.481 e. The predicted molar refractivity (Wildman–Crippen MR) is 58.4 cm³/mol. The van der Waals surface area contributed by atoms with Gasteiger partial charge < -0.3 is 9.84 Å². The largest absolute Gasteiger partial charge is 0.481 e. The van der Waals surface area contributed by atoms with Crippen molar-refractivity contribution in [2.45, 2.75) is 19.4 Å². The van der Waals surface area contributed by atoms with Crippen molar-refractivity contribution in [3.8, 4) is 0 Å². The van der Waals surface area contributed by atoms with Gasteiger partial charge in [-0.1, -0.05) is 24.3 Å². The van der Waals surface area contributed by atoms with Crippen molar-refractivity contribution >= 4 is 11.8 Å². The lowest BCUT2D eigenvalue weighted by atomic mass is 10.0. The first-order valence-electron chi connectivity index (χ1n) is 4.97. The number of carboxylic acid groups (broad SMARTS) is 1. The number of ketones is 1. The molecule has 0 aromatic heterocycles. The smallest absolute Gasteiger partial charge is 0.303 e. The zero-order chi connectivity index (χ0) is 12.0. The zero-order valence-corrected chi connectivity index (χ0v) is 9.10. The molecule has 0 aliphatic rings. The molecule has 1 aromatic rings. The molecule has 16 heavy (non-hydrogen) atoms. The first kappa shape index (κ1) is 12.4. The van der Waals surface area contributed by atoms with Crippen LogP contribution in [0.25, 0.3) is 0 Å². The maximum atomic E-state index is 11.7. The van der Waals surface area contributed by atoms with Crippen LogP contribution in [-0.2, 0) is 16.1 Å². The number of hydrogen-bond acceptors (Lipinski definition) is 3. The van der Waals surface area contributed by atoms with Gasteiger partial charge in [-0.25, -0.2) is 0 Å². The highest BCUT2D eigenvalue weighted by Crippen LogP contribution is 2.13. The van der Waals surface area contributed by atoms with Crippen molar-refractivity contribution in [1.29, 1.82) is 0 Å². The number of carbonyl (C=O) groups excluding carboxylic acids is 1. The molecule has 0 fully saturated rings. The molecule has 1 N–H and O–H groups in total. The lowest BCUT2D eigenvalue weighted by molar-refractivity contribution is -0.136. The number of carbonyl (C=O) groups is 2. The molecule has 1 aromatic carbocycles.